The first-order valence-corrected chi connectivity index (χ1v) is 11.2. The van der Waals surface area contributed by atoms with Gasteiger partial charge in [-0.15, -0.1) is 0 Å². The second-order valence-electron chi connectivity index (χ2n) is 8.39. The first-order valence-electron chi connectivity index (χ1n) is 11.2. The lowest BCUT2D eigenvalue weighted by Crippen LogP contribution is -2.40. The molecule has 1 amide bonds. The van der Waals surface area contributed by atoms with Gasteiger partial charge in [0.2, 0.25) is 5.91 Å². The first-order chi connectivity index (χ1) is 15.5. The monoisotopic (exact) mass is 437 g/mol. The van der Waals surface area contributed by atoms with Gasteiger partial charge in [-0.3, -0.25) is 14.7 Å². The molecule has 7 nitrogen and oxygen atoms in total. The van der Waals surface area contributed by atoms with Gasteiger partial charge in [0.05, 0.1) is 13.0 Å². The number of primary amides is 1. The zero-order chi connectivity index (χ0) is 22.9. The van der Waals surface area contributed by atoms with Crippen molar-refractivity contribution in [1.29, 1.82) is 0 Å². The molecule has 2 aromatic carbocycles. The average molecular weight is 438 g/mol. The number of carbonyl (C=O) groups excluding carboxylic acids is 1. The van der Waals surface area contributed by atoms with E-state index in [0.717, 1.165) is 49.7 Å². The van der Waals surface area contributed by atoms with Crippen molar-refractivity contribution >= 4 is 11.9 Å². The molecule has 1 heterocycles. The van der Waals surface area contributed by atoms with E-state index in [-0.39, 0.29) is 11.8 Å². The quantitative estimate of drug-likeness (QED) is 0.436. The highest BCUT2D eigenvalue weighted by atomic mass is 16.5. The molecule has 0 bridgehead atoms. The van der Waals surface area contributed by atoms with Crippen molar-refractivity contribution < 1.29 is 9.53 Å². The molecule has 4 N–H and O–H groups in total. The number of piperidine rings is 1. The Morgan fingerprint density at radius 2 is 1.97 bits per heavy atom. The van der Waals surface area contributed by atoms with E-state index in [9.17, 15) is 4.79 Å². The molecule has 2 aromatic rings. The van der Waals surface area contributed by atoms with Gasteiger partial charge in [-0.25, -0.2) is 0 Å². The summed E-state index contributed by atoms with van der Waals surface area (Å²) in [4.78, 5) is 18.2. The molecule has 32 heavy (non-hydrogen) atoms. The lowest BCUT2D eigenvalue weighted by molar-refractivity contribution is -0.123. The maximum atomic E-state index is 11.5. The number of hydrogen-bond acceptors (Lipinski definition) is 4. The van der Waals surface area contributed by atoms with Gasteiger partial charge in [0.1, 0.15) is 5.75 Å². The number of carbonyl (C=O) groups is 1. The van der Waals surface area contributed by atoms with E-state index < -0.39 is 0 Å². The third-order valence-corrected chi connectivity index (χ3v) is 5.88. The topological polar surface area (TPSA) is 92.0 Å². The van der Waals surface area contributed by atoms with E-state index >= 15 is 0 Å². The van der Waals surface area contributed by atoms with E-state index in [4.69, 9.17) is 10.5 Å². The van der Waals surface area contributed by atoms with Gasteiger partial charge in [0.15, 0.2) is 5.96 Å². The molecule has 1 saturated heterocycles. The highest BCUT2D eigenvalue weighted by Crippen LogP contribution is 2.20. The lowest BCUT2D eigenvalue weighted by Gasteiger charge is -2.31. The van der Waals surface area contributed by atoms with Crippen LogP contribution in [-0.4, -0.2) is 44.0 Å². The van der Waals surface area contributed by atoms with Gasteiger partial charge in [0, 0.05) is 38.8 Å². The Morgan fingerprint density at radius 1 is 1.19 bits per heavy atom. The third-order valence-electron chi connectivity index (χ3n) is 5.88. The second-order valence-corrected chi connectivity index (χ2v) is 8.39. The Bertz CT molecular complexity index is 944. The number of ether oxygens (including phenoxy) is 1. The summed E-state index contributed by atoms with van der Waals surface area (Å²) in [6.45, 7) is 5.93. The van der Waals surface area contributed by atoms with Crippen LogP contribution in [0.4, 0.5) is 0 Å². The van der Waals surface area contributed by atoms with E-state index in [2.05, 4.69) is 63.8 Å². The molecule has 0 radical (unpaired) electrons. The van der Waals surface area contributed by atoms with Crippen molar-refractivity contribution in [3.05, 3.63) is 64.7 Å². The Labute approximate surface area is 191 Å². The molecular weight excluding hydrogens is 402 g/mol. The van der Waals surface area contributed by atoms with Crippen molar-refractivity contribution in [3.63, 3.8) is 0 Å². The summed E-state index contributed by atoms with van der Waals surface area (Å²) in [6, 6.07) is 14.7. The number of rotatable bonds is 8. The van der Waals surface area contributed by atoms with Crippen LogP contribution in [0.15, 0.2) is 47.5 Å². The minimum absolute atomic E-state index is 0.0323. The molecule has 3 rings (SSSR count). The van der Waals surface area contributed by atoms with Crippen LogP contribution in [-0.2, 0) is 24.4 Å². The van der Waals surface area contributed by atoms with Gasteiger partial charge in [-0.1, -0.05) is 36.4 Å². The van der Waals surface area contributed by atoms with Crippen LogP contribution in [0.3, 0.4) is 0 Å². The van der Waals surface area contributed by atoms with E-state index in [0.29, 0.717) is 13.1 Å². The van der Waals surface area contributed by atoms with Crippen molar-refractivity contribution in [3.8, 4) is 5.75 Å². The zero-order valence-electron chi connectivity index (χ0n) is 19.4. The molecule has 1 aliphatic heterocycles. The smallest absolute Gasteiger partial charge is 0.221 e. The number of nitrogens with one attached hydrogen (secondary N) is 2. The van der Waals surface area contributed by atoms with Crippen LogP contribution in [0, 0.1) is 12.8 Å². The van der Waals surface area contributed by atoms with Gasteiger partial charge >= 0.3 is 0 Å². The molecule has 0 saturated carbocycles. The van der Waals surface area contributed by atoms with Crippen molar-refractivity contribution in [1.82, 2.24) is 15.5 Å². The molecule has 7 heteroatoms. The van der Waals surface area contributed by atoms with Gasteiger partial charge in [-0.2, -0.15) is 0 Å². The van der Waals surface area contributed by atoms with Crippen LogP contribution in [0.25, 0.3) is 0 Å². The van der Waals surface area contributed by atoms with Gasteiger partial charge in [0.25, 0.3) is 0 Å². The largest absolute Gasteiger partial charge is 0.496 e. The number of benzene rings is 2. The molecular formula is C25H35N5O2. The molecule has 1 fully saturated rings. The molecule has 1 aliphatic rings. The Balaban J connectivity index is 1.53. The number of aryl methyl sites for hydroxylation is 1. The minimum atomic E-state index is -0.185. The average Bonchev–Trinajstić information content (AvgIpc) is 2.80. The number of hydrogen-bond donors (Lipinski definition) is 3. The molecule has 0 aromatic heterocycles. The Hall–Kier alpha value is -3.06. The van der Waals surface area contributed by atoms with E-state index in [1.54, 1.807) is 14.2 Å². The summed E-state index contributed by atoms with van der Waals surface area (Å²) < 4.78 is 5.49. The number of methoxy groups -OCH3 is 1. The standard InChI is InChI=1S/C25H35N5O2/c1-18-9-10-21(23(12-18)32-3)15-29-25(27-2)28-14-19-6-4-7-20(13-19)16-30-11-5-8-22(17-30)24(26)31/h4,6-7,9-10,12-13,22H,5,8,11,14-17H2,1-3H3,(H2,26,31)(H2,27,28,29). The SMILES string of the molecule is CN=C(NCc1cccc(CN2CCCC(C(N)=O)C2)c1)NCc1ccc(C)cc1OC. The van der Waals surface area contributed by atoms with Gasteiger partial charge in [-0.05, 0) is 49.1 Å². The van der Waals surface area contributed by atoms with Gasteiger partial charge < -0.3 is 21.1 Å². The molecule has 1 unspecified atom stereocenters. The maximum absolute atomic E-state index is 11.5. The number of aliphatic imine (C=N–C) groups is 1. The van der Waals surface area contributed by atoms with E-state index in [1.807, 2.05) is 6.07 Å². The summed E-state index contributed by atoms with van der Waals surface area (Å²) in [5.74, 6) is 1.39. The predicted molar refractivity (Wildman–Crippen MR) is 128 cm³/mol. The third kappa shape index (κ3) is 6.72. The maximum Gasteiger partial charge on any atom is 0.221 e. The van der Waals surface area contributed by atoms with Crippen molar-refractivity contribution in [2.24, 2.45) is 16.6 Å². The Morgan fingerprint density at radius 3 is 2.72 bits per heavy atom. The minimum Gasteiger partial charge on any atom is -0.496 e. The van der Waals surface area contributed by atoms with Crippen LogP contribution in [0.2, 0.25) is 0 Å². The van der Waals surface area contributed by atoms with Crippen LogP contribution >= 0.6 is 0 Å². The molecule has 0 spiro atoms. The van der Waals surface area contributed by atoms with Crippen molar-refractivity contribution in [2.75, 3.05) is 27.2 Å². The van der Waals surface area contributed by atoms with Crippen LogP contribution in [0.1, 0.15) is 35.1 Å². The second kappa shape index (κ2) is 11.5. The molecule has 0 aliphatic carbocycles. The highest BCUT2D eigenvalue weighted by molar-refractivity contribution is 5.79. The number of amides is 1. The molecule has 172 valence electrons. The fourth-order valence-corrected chi connectivity index (χ4v) is 4.11. The summed E-state index contributed by atoms with van der Waals surface area (Å²) >= 11 is 0. The van der Waals surface area contributed by atoms with Crippen molar-refractivity contribution in [2.45, 2.75) is 39.4 Å². The summed E-state index contributed by atoms with van der Waals surface area (Å²) in [5.41, 5.74) is 10.2. The van der Waals surface area contributed by atoms with Crippen LogP contribution < -0.4 is 21.1 Å². The fraction of sp³-hybridized carbons (Fsp3) is 0.440. The predicted octanol–water partition coefficient (Wildman–Crippen LogP) is 2.57. The Kier molecular flexibility index (Phi) is 8.50. The summed E-state index contributed by atoms with van der Waals surface area (Å²) in [7, 11) is 3.46. The summed E-state index contributed by atoms with van der Waals surface area (Å²) in [6.07, 6.45) is 1.92. The van der Waals surface area contributed by atoms with E-state index in [1.165, 1.54) is 16.7 Å². The summed E-state index contributed by atoms with van der Waals surface area (Å²) in [5, 5.41) is 6.73. The number of nitrogens with two attached hydrogens (primary N) is 1. The fourth-order valence-electron chi connectivity index (χ4n) is 4.11. The number of guanidine groups is 1. The van der Waals surface area contributed by atoms with Crippen LogP contribution in [0.5, 0.6) is 5.75 Å². The zero-order valence-corrected chi connectivity index (χ0v) is 19.4. The lowest BCUT2D eigenvalue weighted by atomic mass is 9.97. The number of likely N-dealkylation sites (tertiary alicyclic amines) is 1. The normalized spacial score (nSPS) is 17.1. The highest BCUT2D eigenvalue weighted by Gasteiger charge is 2.23. The number of nitrogens with zero attached hydrogens (tertiary/aromatic N) is 2. The molecule has 1 atom stereocenters. The first kappa shape index (κ1) is 23.6.